The summed E-state index contributed by atoms with van der Waals surface area (Å²) < 4.78 is 55.3. The van der Waals surface area contributed by atoms with Crippen molar-refractivity contribution in [3.63, 3.8) is 0 Å². The molecule has 1 atom stereocenters. The number of rotatable bonds is 18. The average molecular weight is 731 g/mol. The Kier molecular flexibility index (Phi) is 14.5. The molecule has 7 nitrogen and oxygen atoms in total. The first kappa shape index (κ1) is 39.5. The summed E-state index contributed by atoms with van der Waals surface area (Å²) in [6.45, 7) is 6.26. The predicted molar refractivity (Wildman–Crippen MR) is 198 cm³/mol. The summed E-state index contributed by atoms with van der Waals surface area (Å²) in [5.41, 5.74) is 5.88. The number of halogens is 3. The fourth-order valence-corrected chi connectivity index (χ4v) is 6.80. The maximum atomic E-state index is 12.9. The number of ether oxygens (including phenoxy) is 3. The van der Waals surface area contributed by atoms with Gasteiger partial charge in [0.15, 0.2) is 0 Å². The van der Waals surface area contributed by atoms with E-state index >= 15 is 0 Å². The maximum Gasteiger partial charge on any atom is 0.416 e. The van der Waals surface area contributed by atoms with Crippen molar-refractivity contribution in [1.82, 2.24) is 9.88 Å². The first-order chi connectivity index (χ1) is 25.6. The molecule has 0 spiro atoms. The average Bonchev–Trinajstić information content (AvgIpc) is 3.16. The van der Waals surface area contributed by atoms with E-state index in [0.29, 0.717) is 38.4 Å². The lowest BCUT2D eigenvalue weighted by molar-refractivity contribution is -0.143. The Morgan fingerprint density at radius 3 is 2.17 bits per heavy atom. The first-order valence-corrected chi connectivity index (χ1v) is 18.7. The molecule has 0 fully saturated rings. The second-order valence-electron chi connectivity index (χ2n) is 13.3. The monoisotopic (exact) mass is 730 g/mol. The topological polar surface area (TPSA) is 78.0 Å². The number of nitrogens with zero attached hydrogens (tertiary/aromatic N) is 2. The highest BCUT2D eigenvalue weighted by Gasteiger charge is 2.30. The van der Waals surface area contributed by atoms with Gasteiger partial charge in [0.05, 0.1) is 18.8 Å². The number of unbranched alkanes of at least 4 members (excludes halogenated alkanes) is 1. The normalized spacial score (nSPS) is 14.1. The minimum Gasteiger partial charge on any atom is -0.489 e. The SMILES string of the molecule is CCOC(=O)CCCCN(CCc1ccccc1OCc1ccc(CCc2ccc(C(F)(F)F)cc2)cc1)C1CCCc2nc(C(=O)OCC)ccc21. The largest absolute Gasteiger partial charge is 0.489 e. The van der Waals surface area contributed by atoms with Crippen molar-refractivity contribution >= 4 is 11.9 Å². The van der Waals surface area contributed by atoms with Crippen molar-refractivity contribution in [2.24, 2.45) is 0 Å². The van der Waals surface area contributed by atoms with E-state index in [9.17, 15) is 22.8 Å². The molecule has 53 heavy (non-hydrogen) atoms. The third-order valence-corrected chi connectivity index (χ3v) is 9.61. The highest BCUT2D eigenvalue weighted by molar-refractivity contribution is 5.87. The maximum absolute atomic E-state index is 12.9. The van der Waals surface area contributed by atoms with Crippen molar-refractivity contribution in [2.75, 3.05) is 26.3 Å². The number of pyridine rings is 1. The molecule has 0 N–H and O–H groups in total. The van der Waals surface area contributed by atoms with E-state index in [4.69, 9.17) is 19.2 Å². The predicted octanol–water partition coefficient (Wildman–Crippen LogP) is 9.30. The number of alkyl halides is 3. The molecule has 4 aromatic rings. The summed E-state index contributed by atoms with van der Waals surface area (Å²) in [5.74, 6) is 0.250. The zero-order chi connectivity index (χ0) is 37.6. The molecule has 1 aliphatic carbocycles. The van der Waals surface area contributed by atoms with E-state index in [1.54, 1.807) is 25.1 Å². The summed E-state index contributed by atoms with van der Waals surface area (Å²) in [6.07, 6.45) is 2.54. The van der Waals surface area contributed by atoms with E-state index in [-0.39, 0.29) is 12.0 Å². The van der Waals surface area contributed by atoms with Crippen molar-refractivity contribution < 1.29 is 37.0 Å². The molecule has 0 bridgehead atoms. The second kappa shape index (κ2) is 19.4. The standard InChI is InChI=1S/C43H49F3N2O5/c1-3-51-41(49)14-7-8-28-48(39-12-9-11-37-36(39)25-26-38(47-37)42(50)52-4-2)29-27-34-10-5-6-13-40(34)53-30-33-19-17-31(18-20-33)15-16-32-21-23-35(24-22-32)43(44,45)46/h5-6,10,13,17-26,39H,3-4,7-9,11-12,14-16,27-30H2,1-2H3. The zero-order valence-corrected chi connectivity index (χ0v) is 30.6. The number of benzene rings is 3. The van der Waals surface area contributed by atoms with Crippen LogP contribution >= 0.6 is 0 Å². The molecular formula is C43H49F3N2O5. The molecule has 0 radical (unpaired) electrons. The smallest absolute Gasteiger partial charge is 0.416 e. The molecule has 1 heterocycles. The van der Waals surface area contributed by atoms with Gasteiger partial charge < -0.3 is 14.2 Å². The molecule has 5 rings (SSSR count). The molecule has 0 saturated carbocycles. The number of carbonyl (C=O) groups is 2. The van der Waals surface area contributed by atoms with Crippen LogP contribution in [0.5, 0.6) is 5.75 Å². The lowest BCUT2D eigenvalue weighted by atomic mass is 9.89. The van der Waals surface area contributed by atoms with Gasteiger partial charge in [-0.2, -0.15) is 13.2 Å². The Balaban J connectivity index is 1.21. The molecule has 0 aliphatic heterocycles. The van der Waals surface area contributed by atoms with Crippen molar-refractivity contribution in [2.45, 2.75) is 90.5 Å². The number of para-hydroxylation sites is 1. The van der Waals surface area contributed by atoms with Crippen LogP contribution in [0.1, 0.15) is 102 Å². The molecule has 1 aromatic heterocycles. The van der Waals surface area contributed by atoms with Gasteiger partial charge in [-0.15, -0.1) is 0 Å². The summed E-state index contributed by atoms with van der Waals surface area (Å²) >= 11 is 0. The van der Waals surface area contributed by atoms with Crippen LogP contribution in [0.15, 0.2) is 84.9 Å². The molecular weight excluding hydrogens is 681 g/mol. The molecule has 282 valence electrons. The molecule has 1 unspecified atom stereocenters. The van der Waals surface area contributed by atoms with Crippen LogP contribution in [-0.2, 0) is 52.7 Å². The van der Waals surface area contributed by atoms with Gasteiger partial charge >= 0.3 is 18.1 Å². The Hall–Kier alpha value is -4.70. The van der Waals surface area contributed by atoms with Crippen LogP contribution in [0.3, 0.4) is 0 Å². The Morgan fingerprint density at radius 1 is 0.792 bits per heavy atom. The van der Waals surface area contributed by atoms with E-state index in [1.165, 1.54) is 0 Å². The Labute approximate surface area is 310 Å². The van der Waals surface area contributed by atoms with E-state index in [1.807, 2.05) is 55.5 Å². The van der Waals surface area contributed by atoms with Crippen LogP contribution in [0.4, 0.5) is 13.2 Å². The molecule has 3 aromatic carbocycles. The number of hydrogen-bond acceptors (Lipinski definition) is 7. The van der Waals surface area contributed by atoms with Crippen molar-refractivity contribution in [1.29, 1.82) is 0 Å². The Morgan fingerprint density at radius 2 is 1.47 bits per heavy atom. The summed E-state index contributed by atoms with van der Waals surface area (Å²) in [5, 5.41) is 0. The number of esters is 2. The van der Waals surface area contributed by atoms with Gasteiger partial charge in [0.2, 0.25) is 0 Å². The lowest BCUT2D eigenvalue weighted by Crippen LogP contribution is -2.34. The van der Waals surface area contributed by atoms with E-state index in [0.717, 1.165) is 109 Å². The number of hydrogen-bond donors (Lipinski definition) is 0. The highest BCUT2D eigenvalue weighted by Crippen LogP contribution is 2.35. The fourth-order valence-electron chi connectivity index (χ4n) is 6.80. The molecule has 1 aliphatic rings. The first-order valence-electron chi connectivity index (χ1n) is 18.7. The van der Waals surface area contributed by atoms with Crippen LogP contribution in [0, 0.1) is 0 Å². The van der Waals surface area contributed by atoms with Crippen LogP contribution in [-0.4, -0.2) is 48.1 Å². The van der Waals surface area contributed by atoms with Gasteiger partial charge in [-0.05, 0) is 124 Å². The van der Waals surface area contributed by atoms with Gasteiger partial charge in [-0.1, -0.05) is 60.7 Å². The van der Waals surface area contributed by atoms with E-state index in [2.05, 4.69) is 11.0 Å². The van der Waals surface area contributed by atoms with Crippen LogP contribution in [0.2, 0.25) is 0 Å². The molecule has 0 amide bonds. The Bertz CT molecular complexity index is 1780. The lowest BCUT2D eigenvalue weighted by Gasteiger charge is -2.36. The third kappa shape index (κ3) is 11.6. The number of carbonyl (C=O) groups excluding carboxylic acids is 2. The van der Waals surface area contributed by atoms with Crippen molar-refractivity contribution in [3.05, 3.63) is 130 Å². The molecule has 0 saturated heterocycles. The quantitative estimate of drug-likeness (QED) is 0.0746. The minimum atomic E-state index is -4.33. The van der Waals surface area contributed by atoms with Gasteiger partial charge in [0.25, 0.3) is 0 Å². The highest BCUT2D eigenvalue weighted by atomic mass is 19.4. The third-order valence-electron chi connectivity index (χ3n) is 9.61. The van der Waals surface area contributed by atoms with Gasteiger partial charge in [-0.25, -0.2) is 9.78 Å². The zero-order valence-electron chi connectivity index (χ0n) is 30.6. The number of aryl methyl sites for hydroxylation is 3. The van der Waals surface area contributed by atoms with Crippen LogP contribution in [0.25, 0.3) is 0 Å². The summed E-state index contributed by atoms with van der Waals surface area (Å²) in [4.78, 5) is 31.6. The van der Waals surface area contributed by atoms with Gasteiger partial charge in [0.1, 0.15) is 18.1 Å². The summed E-state index contributed by atoms with van der Waals surface area (Å²) in [6, 6.07) is 25.5. The van der Waals surface area contributed by atoms with E-state index < -0.39 is 17.7 Å². The summed E-state index contributed by atoms with van der Waals surface area (Å²) in [7, 11) is 0. The number of fused-ring (bicyclic) bond motifs is 1. The van der Waals surface area contributed by atoms with Gasteiger partial charge in [-0.3, -0.25) is 9.69 Å². The molecule has 10 heteroatoms. The van der Waals surface area contributed by atoms with Crippen LogP contribution < -0.4 is 4.74 Å². The van der Waals surface area contributed by atoms with Gasteiger partial charge in [0, 0.05) is 24.7 Å². The number of aromatic nitrogens is 1. The minimum absolute atomic E-state index is 0.135. The van der Waals surface area contributed by atoms with Crippen molar-refractivity contribution in [3.8, 4) is 5.75 Å². The second-order valence-corrected chi connectivity index (χ2v) is 13.3. The fraction of sp³-hybridized carbons (Fsp3) is 0.419.